The highest BCUT2D eigenvalue weighted by Crippen LogP contribution is 2.17. The topological polar surface area (TPSA) is 136 Å². The number of nitrogens with zero attached hydrogens (tertiary/aromatic N) is 4. The number of rotatable bonds is 6. The smallest absolute Gasteiger partial charge is 0.269 e. The number of hydrogen-bond donors (Lipinski definition) is 2. The number of ether oxygens (including phenoxy) is 1. The van der Waals surface area contributed by atoms with E-state index >= 15 is 0 Å². The van der Waals surface area contributed by atoms with Gasteiger partial charge < -0.3 is 10.1 Å². The van der Waals surface area contributed by atoms with Gasteiger partial charge in [-0.2, -0.15) is 5.21 Å². The summed E-state index contributed by atoms with van der Waals surface area (Å²) in [4.78, 5) is 21.6. The predicted molar refractivity (Wildman–Crippen MR) is 69.3 cm³/mol. The van der Waals surface area contributed by atoms with Crippen molar-refractivity contribution < 1.29 is 14.5 Å². The monoisotopic (exact) mass is 292 g/mol. The number of carbonyl (C=O) groups excluding carboxylic acids is 1. The third-order valence-electron chi connectivity index (χ3n) is 2.54. The summed E-state index contributed by atoms with van der Waals surface area (Å²) in [5, 5.41) is 26.3. The molecule has 0 fully saturated rings. The average Bonchev–Trinajstić information content (AvgIpc) is 3.00. The lowest BCUT2D eigenvalue weighted by Gasteiger charge is -2.10. The molecule has 0 aliphatic heterocycles. The summed E-state index contributed by atoms with van der Waals surface area (Å²) in [6, 6.07) is 5.04. The number of non-ortho nitro benzene ring substituents is 1. The standard InChI is InChI=1S/C11H12N6O4/c1-7(11-13-15-16-14-11)12-10(18)6-21-9-4-2-8(3-5-9)17(19)20/h2-5,7H,6H2,1H3,(H,12,18)(H,13,14,15,16). The molecule has 0 saturated carbocycles. The van der Waals surface area contributed by atoms with E-state index in [0.29, 0.717) is 11.6 Å². The second-order valence-electron chi connectivity index (χ2n) is 4.10. The lowest BCUT2D eigenvalue weighted by molar-refractivity contribution is -0.384. The summed E-state index contributed by atoms with van der Waals surface area (Å²) < 4.78 is 5.22. The molecule has 110 valence electrons. The van der Waals surface area contributed by atoms with E-state index in [4.69, 9.17) is 4.74 Å². The second-order valence-corrected chi connectivity index (χ2v) is 4.10. The molecule has 2 aromatic rings. The van der Waals surface area contributed by atoms with Crippen LogP contribution in [0.25, 0.3) is 0 Å². The molecule has 1 heterocycles. The van der Waals surface area contributed by atoms with Gasteiger partial charge in [-0.1, -0.05) is 5.21 Å². The maximum Gasteiger partial charge on any atom is 0.269 e. The van der Waals surface area contributed by atoms with E-state index in [9.17, 15) is 14.9 Å². The van der Waals surface area contributed by atoms with Crippen molar-refractivity contribution in [2.75, 3.05) is 6.61 Å². The van der Waals surface area contributed by atoms with Crippen LogP contribution in [0.3, 0.4) is 0 Å². The summed E-state index contributed by atoms with van der Waals surface area (Å²) in [5.41, 5.74) is -0.0440. The van der Waals surface area contributed by atoms with Gasteiger partial charge in [-0.25, -0.2) is 0 Å². The van der Waals surface area contributed by atoms with E-state index in [-0.39, 0.29) is 18.2 Å². The molecule has 0 bridgehead atoms. The molecule has 0 saturated heterocycles. The number of tetrazole rings is 1. The Balaban J connectivity index is 1.82. The quantitative estimate of drug-likeness (QED) is 0.579. The van der Waals surface area contributed by atoms with Crippen molar-refractivity contribution in [1.29, 1.82) is 0 Å². The molecule has 0 aliphatic rings. The van der Waals surface area contributed by atoms with Crippen LogP contribution >= 0.6 is 0 Å². The SMILES string of the molecule is CC(NC(=O)COc1ccc([N+](=O)[O-])cc1)c1nn[nH]n1. The fraction of sp³-hybridized carbons (Fsp3) is 0.273. The third kappa shape index (κ3) is 3.96. The Hall–Kier alpha value is -3.04. The Morgan fingerprint density at radius 3 is 2.76 bits per heavy atom. The van der Waals surface area contributed by atoms with Gasteiger partial charge in [-0.3, -0.25) is 14.9 Å². The Bertz CT molecular complexity index is 612. The van der Waals surface area contributed by atoms with Crippen LogP contribution in [0, 0.1) is 10.1 Å². The van der Waals surface area contributed by atoms with Crippen molar-refractivity contribution in [2.45, 2.75) is 13.0 Å². The molecule has 1 aromatic carbocycles. The maximum absolute atomic E-state index is 11.7. The molecule has 21 heavy (non-hydrogen) atoms. The first-order valence-corrected chi connectivity index (χ1v) is 5.96. The van der Waals surface area contributed by atoms with Gasteiger partial charge in [0, 0.05) is 12.1 Å². The summed E-state index contributed by atoms with van der Waals surface area (Å²) in [6.45, 7) is 1.48. The van der Waals surface area contributed by atoms with Gasteiger partial charge in [0.1, 0.15) is 5.75 Å². The average molecular weight is 292 g/mol. The van der Waals surface area contributed by atoms with E-state index in [1.54, 1.807) is 6.92 Å². The maximum atomic E-state index is 11.7. The van der Waals surface area contributed by atoms with Gasteiger partial charge >= 0.3 is 0 Å². The first kappa shape index (κ1) is 14.4. The largest absolute Gasteiger partial charge is 0.484 e. The molecule has 2 N–H and O–H groups in total. The highest BCUT2D eigenvalue weighted by atomic mass is 16.6. The molecule has 0 spiro atoms. The number of aromatic nitrogens is 4. The van der Waals surface area contributed by atoms with Crippen molar-refractivity contribution in [2.24, 2.45) is 0 Å². The highest BCUT2D eigenvalue weighted by molar-refractivity contribution is 5.77. The molecule has 0 radical (unpaired) electrons. The lowest BCUT2D eigenvalue weighted by Crippen LogP contribution is -2.31. The summed E-state index contributed by atoms with van der Waals surface area (Å²) in [7, 11) is 0. The van der Waals surface area contributed by atoms with Crippen LogP contribution in [0.5, 0.6) is 5.75 Å². The Morgan fingerprint density at radius 2 is 2.19 bits per heavy atom. The van der Waals surface area contributed by atoms with Crippen molar-refractivity contribution in [3.8, 4) is 5.75 Å². The van der Waals surface area contributed by atoms with Crippen LogP contribution in [-0.4, -0.2) is 38.1 Å². The van der Waals surface area contributed by atoms with Gasteiger partial charge in [0.05, 0.1) is 11.0 Å². The third-order valence-corrected chi connectivity index (χ3v) is 2.54. The van der Waals surface area contributed by atoms with Crippen LogP contribution in [0.15, 0.2) is 24.3 Å². The minimum absolute atomic E-state index is 0.0440. The number of nitro benzene ring substituents is 1. The van der Waals surface area contributed by atoms with E-state index in [1.165, 1.54) is 24.3 Å². The molecular formula is C11H12N6O4. The van der Waals surface area contributed by atoms with Crippen molar-refractivity contribution >= 4 is 11.6 Å². The number of amides is 1. The molecule has 10 heteroatoms. The molecule has 10 nitrogen and oxygen atoms in total. The van der Waals surface area contributed by atoms with Gasteiger partial charge in [0.25, 0.3) is 11.6 Å². The zero-order valence-corrected chi connectivity index (χ0v) is 11.0. The van der Waals surface area contributed by atoms with E-state index in [2.05, 4.69) is 25.9 Å². The number of nitrogens with one attached hydrogen (secondary N) is 2. The number of benzene rings is 1. The van der Waals surface area contributed by atoms with Crippen molar-refractivity contribution in [3.63, 3.8) is 0 Å². The zero-order valence-electron chi connectivity index (χ0n) is 11.0. The molecular weight excluding hydrogens is 280 g/mol. The minimum atomic E-state index is -0.511. The predicted octanol–water partition coefficient (Wildman–Crippen LogP) is 0.364. The normalized spacial score (nSPS) is 11.7. The van der Waals surface area contributed by atoms with Gasteiger partial charge in [0.15, 0.2) is 12.4 Å². The Labute approximate surface area is 118 Å². The first-order chi connectivity index (χ1) is 10.1. The van der Waals surface area contributed by atoms with Crippen LogP contribution in [0.2, 0.25) is 0 Å². The number of H-pyrrole nitrogens is 1. The second kappa shape index (κ2) is 6.41. The minimum Gasteiger partial charge on any atom is -0.484 e. The molecule has 1 unspecified atom stereocenters. The van der Waals surface area contributed by atoms with Gasteiger partial charge in [-0.15, -0.1) is 10.2 Å². The zero-order chi connectivity index (χ0) is 15.2. The number of aromatic amines is 1. The summed E-state index contributed by atoms with van der Waals surface area (Å²) >= 11 is 0. The molecule has 0 aliphatic carbocycles. The van der Waals surface area contributed by atoms with Crippen LogP contribution in [-0.2, 0) is 4.79 Å². The molecule has 1 atom stereocenters. The first-order valence-electron chi connectivity index (χ1n) is 5.96. The molecule has 2 rings (SSSR count). The lowest BCUT2D eigenvalue weighted by atomic mass is 10.3. The van der Waals surface area contributed by atoms with Crippen LogP contribution < -0.4 is 10.1 Å². The fourth-order valence-corrected chi connectivity index (χ4v) is 1.51. The van der Waals surface area contributed by atoms with Crippen molar-refractivity contribution in [1.82, 2.24) is 25.9 Å². The van der Waals surface area contributed by atoms with Crippen LogP contribution in [0.4, 0.5) is 5.69 Å². The van der Waals surface area contributed by atoms with Crippen LogP contribution in [0.1, 0.15) is 18.8 Å². The van der Waals surface area contributed by atoms with Crippen molar-refractivity contribution in [3.05, 3.63) is 40.2 Å². The highest BCUT2D eigenvalue weighted by Gasteiger charge is 2.14. The fourth-order valence-electron chi connectivity index (χ4n) is 1.51. The molecule has 1 amide bonds. The Morgan fingerprint density at radius 1 is 1.48 bits per heavy atom. The molecule has 1 aromatic heterocycles. The van der Waals surface area contributed by atoms with Gasteiger partial charge in [-0.05, 0) is 19.1 Å². The number of carbonyl (C=O) groups is 1. The number of hydrogen-bond acceptors (Lipinski definition) is 7. The van der Waals surface area contributed by atoms with E-state index < -0.39 is 11.0 Å². The Kier molecular flexibility index (Phi) is 4.39. The summed E-state index contributed by atoms with van der Waals surface area (Å²) in [5.74, 6) is 0.354. The van der Waals surface area contributed by atoms with E-state index in [1.807, 2.05) is 0 Å². The summed E-state index contributed by atoms with van der Waals surface area (Å²) in [6.07, 6.45) is 0. The van der Waals surface area contributed by atoms with E-state index in [0.717, 1.165) is 0 Å². The van der Waals surface area contributed by atoms with Gasteiger partial charge in [0.2, 0.25) is 0 Å². The number of nitro groups is 1.